The average Bonchev–Trinajstić information content (AvgIpc) is 2.83. The first kappa shape index (κ1) is 11.6. The van der Waals surface area contributed by atoms with E-state index in [0.29, 0.717) is 0 Å². The van der Waals surface area contributed by atoms with Gasteiger partial charge in [-0.05, 0) is 6.07 Å². The molecule has 1 N–H and O–H groups in total. The fraction of sp³-hybridized carbons (Fsp3) is 0.727. The predicted molar refractivity (Wildman–Crippen MR) is 62.4 cm³/mol. The molecule has 0 radical (unpaired) electrons. The fourth-order valence-corrected chi connectivity index (χ4v) is 1.81. The van der Waals surface area contributed by atoms with E-state index >= 15 is 0 Å². The van der Waals surface area contributed by atoms with Gasteiger partial charge < -0.3 is 10.1 Å². The summed E-state index contributed by atoms with van der Waals surface area (Å²) < 4.78 is 7.25. The summed E-state index contributed by atoms with van der Waals surface area (Å²) in [6.07, 6.45) is 3.80. The SMILES string of the molecule is c1cnn(CCNCCN2CCOCC2)c1. The molecule has 0 amide bonds. The van der Waals surface area contributed by atoms with Crippen LogP contribution in [0.1, 0.15) is 0 Å². The van der Waals surface area contributed by atoms with Crippen LogP contribution in [0.2, 0.25) is 0 Å². The van der Waals surface area contributed by atoms with Gasteiger partial charge in [-0.1, -0.05) is 0 Å². The van der Waals surface area contributed by atoms with Crippen molar-refractivity contribution in [2.45, 2.75) is 6.54 Å². The minimum absolute atomic E-state index is 0.882. The Labute approximate surface area is 96.4 Å². The van der Waals surface area contributed by atoms with Crippen molar-refractivity contribution >= 4 is 0 Å². The smallest absolute Gasteiger partial charge is 0.0594 e. The third-order valence-corrected chi connectivity index (χ3v) is 2.79. The van der Waals surface area contributed by atoms with Gasteiger partial charge in [-0.15, -0.1) is 0 Å². The lowest BCUT2D eigenvalue weighted by molar-refractivity contribution is 0.0384. The summed E-state index contributed by atoms with van der Waals surface area (Å²) in [5.41, 5.74) is 0. The summed E-state index contributed by atoms with van der Waals surface area (Å²) in [5.74, 6) is 0. The Morgan fingerprint density at radius 3 is 2.75 bits per heavy atom. The van der Waals surface area contributed by atoms with E-state index < -0.39 is 0 Å². The first-order valence-corrected chi connectivity index (χ1v) is 5.93. The average molecular weight is 224 g/mol. The highest BCUT2D eigenvalue weighted by atomic mass is 16.5. The van der Waals surface area contributed by atoms with Crippen molar-refractivity contribution in [3.8, 4) is 0 Å². The van der Waals surface area contributed by atoms with Crippen molar-refractivity contribution < 1.29 is 4.74 Å². The molecule has 1 saturated heterocycles. The van der Waals surface area contributed by atoms with Crippen molar-refractivity contribution in [3.05, 3.63) is 18.5 Å². The second-order valence-corrected chi connectivity index (χ2v) is 3.97. The van der Waals surface area contributed by atoms with E-state index in [1.807, 2.05) is 23.1 Å². The minimum Gasteiger partial charge on any atom is -0.379 e. The second kappa shape index (κ2) is 6.62. The highest BCUT2D eigenvalue weighted by Gasteiger charge is 2.08. The maximum Gasteiger partial charge on any atom is 0.0594 e. The molecule has 5 nitrogen and oxygen atoms in total. The Bertz CT molecular complexity index is 270. The van der Waals surface area contributed by atoms with Crippen molar-refractivity contribution in [2.75, 3.05) is 45.9 Å². The van der Waals surface area contributed by atoms with E-state index in [2.05, 4.69) is 15.3 Å². The normalized spacial score (nSPS) is 17.8. The molecule has 2 heterocycles. The number of hydrogen-bond acceptors (Lipinski definition) is 4. The van der Waals surface area contributed by atoms with Crippen LogP contribution in [-0.2, 0) is 11.3 Å². The van der Waals surface area contributed by atoms with Crippen LogP contribution in [0.25, 0.3) is 0 Å². The van der Waals surface area contributed by atoms with Gasteiger partial charge >= 0.3 is 0 Å². The number of nitrogens with one attached hydrogen (secondary N) is 1. The van der Waals surface area contributed by atoms with Crippen LogP contribution in [-0.4, -0.2) is 60.6 Å². The lowest BCUT2D eigenvalue weighted by Gasteiger charge is -2.26. The molecule has 1 aliphatic heterocycles. The molecular weight excluding hydrogens is 204 g/mol. The summed E-state index contributed by atoms with van der Waals surface area (Å²) in [4.78, 5) is 2.43. The summed E-state index contributed by atoms with van der Waals surface area (Å²) in [5, 5.41) is 7.58. The van der Waals surface area contributed by atoms with Gasteiger partial charge in [0, 0.05) is 45.1 Å². The number of nitrogens with zero attached hydrogens (tertiary/aromatic N) is 3. The van der Waals surface area contributed by atoms with Crippen LogP contribution < -0.4 is 5.32 Å². The van der Waals surface area contributed by atoms with Crippen molar-refractivity contribution in [3.63, 3.8) is 0 Å². The monoisotopic (exact) mass is 224 g/mol. The van der Waals surface area contributed by atoms with Gasteiger partial charge in [-0.2, -0.15) is 5.10 Å². The van der Waals surface area contributed by atoms with Crippen LogP contribution in [0.5, 0.6) is 0 Å². The quantitative estimate of drug-likeness (QED) is 0.680. The summed E-state index contributed by atoms with van der Waals surface area (Å²) >= 11 is 0. The van der Waals surface area contributed by atoms with Crippen LogP contribution >= 0.6 is 0 Å². The number of aromatic nitrogens is 2. The van der Waals surface area contributed by atoms with Crippen molar-refractivity contribution in [2.24, 2.45) is 0 Å². The maximum atomic E-state index is 5.30. The van der Waals surface area contributed by atoms with Gasteiger partial charge in [0.05, 0.1) is 19.8 Å². The Balaban J connectivity index is 1.48. The van der Waals surface area contributed by atoms with Gasteiger partial charge in [-0.3, -0.25) is 9.58 Å². The molecule has 0 atom stereocenters. The van der Waals surface area contributed by atoms with Gasteiger partial charge in [0.25, 0.3) is 0 Å². The second-order valence-electron chi connectivity index (χ2n) is 3.97. The number of rotatable bonds is 6. The van der Waals surface area contributed by atoms with Gasteiger partial charge in [-0.25, -0.2) is 0 Å². The lowest BCUT2D eigenvalue weighted by atomic mass is 10.4. The van der Waals surface area contributed by atoms with Gasteiger partial charge in [0.15, 0.2) is 0 Å². The zero-order valence-corrected chi connectivity index (χ0v) is 9.64. The van der Waals surface area contributed by atoms with E-state index in [4.69, 9.17) is 4.74 Å². The maximum absolute atomic E-state index is 5.30. The molecular formula is C11H20N4O. The molecule has 1 aromatic heterocycles. The van der Waals surface area contributed by atoms with E-state index in [0.717, 1.165) is 52.5 Å². The highest BCUT2D eigenvalue weighted by Crippen LogP contribution is 1.94. The molecule has 1 aliphatic rings. The molecule has 90 valence electrons. The summed E-state index contributed by atoms with van der Waals surface area (Å²) in [6, 6.07) is 1.95. The minimum atomic E-state index is 0.882. The lowest BCUT2D eigenvalue weighted by Crippen LogP contribution is -2.40. The third-order valence-electron chi connectivity index (χ3n) is 2.79. The number of hydrogen-bond donors (Lipinski definition) is 1. The molecule has 5 heteroatoms. The molecule has 0 bridgehead atoms. The topological polar surface area (TPSA) is 42.3 Å². The molecule has 0 aromatic carbocycles. The van der Waals surface area contributed by atoms with Crippen molar-refractivity contribution in [1.29, 1.82) is 0 Å². The number of morpholine rings is 1. The number of ether oxygens (including phenoxy) is 1. The summed E-state index contributed by atoms with van der Waals surface area (Å²) in [7, 11) is 0. The molecule has 2 rings (SSSR count). The zero-order valence-electron chi connectivity index (χ0n) is 9.64. The third kappa shape index (κ3) is 3.92. The predicted octanol–water partition coefficient (Wildman–Crippen LogP) is -0.195. The Morgan fingerprint density at radius 1 is 1.19 bits per heavy atom. The van der Waals surface area contributed by atoms with E-state index in [1.165, 1.54) is 0 Å². The zero-order chi connectivity index (χ0) is 11.1. The van der Waals surface area contributed by atoms with Crippen LogP contribution in [0.4, 0.5) is 0 Å². The fourth-order valence-electron chi connectivity index (χ4n) is 1.81. The molecule has 1 aromatic rings. The Hall–Kier alpha value is -0.910. The molecule has 0 saturated carbocycles. The van der Waals surface area contributed by atoms with Crippen LogP contribution in [0.15, 0.2) is 18.5 Å². The molecule has 0 aliphatic carbocycles. The van der Waals surface area contributed by atoms with Crippen molar-refractivity contribution in [1.82, 2.24) is 20.0 Å². The van der Waals surface area contributed by atoms with Crippen LogP contribution in [0.3, 0.4) is 0 Å². The standard InChI is InChI=1S/C11H20N4O/c1-2-13-15(5-1)7-4-12-3-6-14-8-10-16-11-9-14/h1-2,5,12H,3-4,6-11H2. The molecule has 1 fully saturated rings. The Morgan fingerprint density at radius 2 is 2.00 bits per heavy atom. The molecule has 16 heavy (non-hydrogen) atoms. The largest absolute Gasteiger partial charge is 0.379 e. The first-order valence-electron chi connectivity index (χ1n) is 5.93. The van der Waals surface area contributed by atoms with E-state index in [9.17, 15) is 0 Å². The summed E-state index contributed by atoms with van der Waals surface area (Å²) in [6.45, 7) is 7.98. The van der Waals surface area contributed by atoms with E-state index in [1.54, 1.807) is 0 Å². The van der Waals surface area contributed by atoms with Gasteiger partial charge in [0.1, 0.15) is 0 Å². The van der Waals surface area contributed by atoms with Crippen LogP contribution in [0, 0.1) is 0 Å². The van der Waals surface area contributed by atoms with Gasteiger partial charge in [0.2, 0.25) is 0 Å². The van der Waals surface area contributed by atoms with E-state index in [-0.39, 0.29) is 0 Å². The first-order chi connectivity index (χ1) is 7.95. The molecule has 0 spiro atoms. The highest BCUT2D eigenvalue weighted by molar-refractivity contribution is 4.77. The Kier molecular flexibility index (Phi) is 4.79. The molecule has 0 unspecified atom stereocenters.